The highest BCUT2D eigenvalue weighted by molar-refractivity contribution is 6.14. The van der Waals surface area contributed by atoms with Gasteiger partial charge in [0.25, 0.3) is 0 Å². The minimum Gasteiger partial charge on any atom is -0.309 e. The van der Waals surface area contributed by atoms with Crippen molar-refractivity contribution < 1.29 is 0 Å². The Morgan fingerprint density at radius 2 is 0.772 bits per heavy atom. The zero-order valence-electron chi connectivity index (χ0n) is 30.9. The van der Waals surface area contributed by atoms with Crippen molar-refractivity contribution in [3.63, 3.8) is 0 Å². The number of benzene rings is 9. The molecule has 0 unspecified atom stereocenters. The first-order valence-electron chi connectivity index (χ1n) is 19.3. The lowest BCUT2D eigenvalue weighted by atomic mass is 10.0. The van der Waals surface area contributed by atoms with E-state index in [0.717, 1.165) is 49.7 Å². The molecule has 0 N–H and O–H groups in total. The van der Waals surface area contributed by atoms with Crippen LogP contribution in [0.3, 0.4) is 0 Å². The molecular formula is C53H34N4. The molecule has 2 heterocycles. The second kappa shape index (κ2) is 13.6. The molecule has 0 amide bonds. The van der Waals surface area contributed by atoms with Crippen molar-refractivity contribution in [3.05, 3.63) is 206 Å². The maximum Gasteiger partial charge on any atom is 0.164 e. The smallest absolute Gasteiger partial charge is 0.164 e. The predicted octanol–water partition coefficient (Wildman–Crippen LogP) is 13.6. The van der Waals surface area contributed by atoms with Gasteiger partial charge >= 0.3 is 0 Å². The summed E-state index contributed by atoms with van der Waals surface area (Å²) in [6.45, 7) is 0. The summed E-state index contributed by atoms with van der Waals surface area (Å²) in [5.74, 6) is 1.91. The van der Waals surface area contributed by atoms with E-state index in [-0.39, 0.29) is 0 Å². The van der Waals surface area contributed by atoms with Gasteiger partial charge in [-0.2, -0.15) is 0 Å². The van der Waals surface area contributed by atoms with E-state index in [0.29, 0.717) is 17.5 Å². The molecule has 11 rings (SSSR count). The molecule has 0 saturated carbocycles. The van der Waals surface area contributed by atoms with Gasteiger partial charge < -0.3 is 4.57 Å². The Morgan fingerprint density at radius 1 is 0.263 bits per heavy atom. The molecule has 0 radical (unpaired) electrons. The predicted molar refractivity (Wildman–Crippen MR) is 236 cm³/mol. The Balaban J connectivity index is 1.07. The summed E-state index contributed by atoms with van der Waals surface area (Å²) in [5, 5.41) is 7.01. The molecule has 11 aromatic rings. The first kappa shape index (κ1) is 32.7. The van der Waals surface area contributed by atoms with Crippen LogP contribution in [0.1, 0.15) is 0 Å². The Morgan fingerprint density at radius 3 is 1.49 bits per heavy atom. The number of aromatic nitrogens is 4. The highest BCUT2D eigenvalue weighted by atomic mass is 15.0. The van der Waals surface area contributed by atoms with E-state index in [2.05, 4.69) is 205 Å². The lowest BCUT2D eigenvalue weighted by Gasteiger charge is -2.12. The van der Waals surface area contributed by atoms with E-state index < -0.39 is 0 Å². The average molecular weight is 727 g/mol. The topological polar surface area (TPSA) is 43.6 Å². The van der Waals surface area contributed by atoms with Crippen molar-refractivity contribution >= 4 is 43.4 Å². The van der Waals surface area contributed by atoms with Gasteiger partial charge in [-0.1, -0.05) is 158 Å². The SMILES string of the molecule is c1ccc(-c2cccc(-c3nc(-c4ccc5ccccc5c4)nc(-c4ccc5cc6c(cc5c4)c4ccccc4n6-c4cccc(-c5ccccc5)c4)n3)c2)cc1. The highest BCUT2D eigenvalue weighted by Crippen LogP contribution is 2.37. The van der Waals surface area contributed by atoms with Crippen LogP contribution in [0.2, 0.25) is 0 Å². The largest absolute Gasteiger partial charge is 0.309 e. The number of hydrogen-bond donors (Lipinski definition) is 0. The number of para-hydroxylation sites is 1. The molecule has 0 bridgehead atoms. The summed E-state index contributed by atoms with van der Waals surface area (Å²) in [5.41, 5.74) is 11.0. The van der Waals surface area contributed by atoms with Crippen LogP contribution < -0.4 is 0 Å². The molecule has 0 spiro atoms. The maximum atomic E-state index is 5.17. The molecule has 0 aliphatic rings. The van der Waals surface area contributed by atoms with E-state index in [1.54, 1.807) is 0 Å². The molecule has 0 saturated heterocycles. The number of fused-ring (bicyclic) bond motifs is 5. The van der Waals surface area contributed by atoms with Crippen LogP contribution in [0.5, 0.6) is 0 Å². The number of nitrogens with zero attached hydrogens (tertiary/aromatic N) is 4. The number of rotatable bonds is 6. The molecule has 4 heteroatoms. The standard InChI is InChI=1S/C53H34N4/c1-3-13-35(14-4-1)39-19-11-21-42(29-39)51-54-52(43-27-25-37-17-7-8-18-38(37)30-43)56-53(55-51)44-28-26-41-34-50-48(33-45(41)31-44)47-23-9-10-24-49(47)57(50)46-22-12-20-40(32-46)36-15-5-2-6-16-36/h1-34H. The van der Waals surface area contributed by atoms with Crippen LogP contribution in [-0.2, 0) is 0 Å². The summed E-state index contributed by atoms with van der Waals surface area (Å²) in [4.78, 5) is 15.4. The molecule has 266 valence electrons. The van der Waals surface area contributed by atoms with Crippen molar-refractivity contribution in [2.75, 3.05) is 0 Å². The summed E-state index contributed by atoms with van der Waals surface area (Å²) >= 11 is 0. The Kier molecular flexibility index (Phi) is 7.78. The monoisotopic (exact) mass is 726 g/mol. The summed E-state index contributed by atoms with van der Waals surface area (Å²) in [6, 6.07) is 73.0. The van der Waals surface area contributed by atoms with Gasteiger partial charge in [0.15, 0.2) is 17.5 Å². The first-order chi connectivity index (χ1) is 28.2. The van der Waals surface area contributed by atoms with Crippen LogP contribution in [0, 0.1) is 0 Å². The van der Waals surface area contributed by atoms with Gasteiger partial charge in [-0.3, -0.25) is 0 Å². The molecule has 9 aromatic carbocycles. The summed E-state index contributed by atoms with van der Waals surface area (Å²) in [7, 11) is 0. The van der Waals surface area contributed by atoms with Crippen LogP contribution in [0.15, 0.2) is 206 Å². The third kappa shape index (κ3) is 5.92. The lowest BCUT2D eigenvalue weighted by Crippen LogP contribution is -2.00. The van der Waals surface area contributed by atoms with E-state index in [1.807, 2.05) is 6.07 Å². The van der Waals surface area contributed by atoms with Crippen molar-refractivity contribution in [1.82, 2.24) is 19.5 Å². The molecule has 0 aliphatic carbocycles. The fourth-order valence-corrected chi connectivity index (χ4v) is 8.15. The van der Waals surface area contributed by atoms with Gasteiger partial charge in [0.2, 0.25) is 0 Å². The lowest BCUT2D eigenvalue weighted by molar-refractivity contribution is 1.08. The fourth-order valence-electron chi connectivity index (χ4n) is 8.15. The molecule has 4 nitrogen and oxygen atoms in total. The normalized spacial score (nSPS) is 11.5. The van der Waals surface area contributed by atoms with Crippen molar-refractivity contribution in [1.29, 1.82) is 0 Å². The fraction of sp³-hybridized carbons (Fsp3) is 0. The second-order valence-corrected chi connectivity index (χ2v) is 14.5. The van der Waals surface area contributed by atoms with Gasteiger partial charge in [0.05, 0.1) is 11.0 Å². The third-order valence-electron chi connectivity index (χ3n) is 11.0. The van der Waals surface area contributed by atoms with Crippen molar-refractivity contribution in [3.8, 4) is 62.1 Å². The molecule has 0 fully saturated rings. The van der Waals surface area contributed by atoms with Gasteiger partial charge in [-0.05, 0) is 92.3 Å². The summed E-state index contributed by atoms with van der Waals surface area (Å²) in [6.07, 6.45) is 0. The van der Waals surface area contributed by atoms with E-state index in [1.165, 1.54) is 38.3 Å². The first-order valence-corrected chi connectivity index (χ1v) is 19.3. The number of hydrogen-bond acceptors (Lipinski definition) is 3. The van der Waals surface area contributed by atoms with E-state index in [9.17, 15) is 0 Å². The Labute approximate surface area is 330 Å². The van der Waals surface area contributed by atoms with Crippen LogP contribution in [-0.4, -0.2) is 19.5 Å². The minimum absolute atomic E-state index is 0.635. The maximum absolute atomic E-state index is 5.17. The van der Waals surface area contributed by atoms with Crippen LogP contribution in [0.4, 0.5) is 0 Å². The highest BCUT2D eigenvalue weighted by Gasteiger charge is 2.17. The molecule has 2 aromatic heterocycles. The van der Waals surface area contributed by atoms with Gasteiger partial charge in [0, 0.05) is 33.2 Å². The Bertz CT molecular complexity index is 3290. The quantitative estimate of drug-likeness (QED) is 0.171. The third-order valence-corrected chi connectivity index (χ3v) is 11.0. The molecule has 0 aliphatic heterocycles. The molecular weight excluding hydrogens is 693 g/mol. The van der Waals surface area contributed by atoms with Crippen molar-refractivity contribution in [2.24, 2.45) is 0 Å². The summed E-state index contributed by atoms with van der Waals surface area (Å²) < 4.78 is 2.39. The van der Waals surface area contributed by atoms with Crippen LogP contribution in [0.25, 0.3) is 105 Å². The van der Waals surface area contributed by atoms with Gasteiger partial charge in [-0.15, -0.1) is 0 Å². The molecule has 57 heavy (non-hydrogen) atoms. The van der Waals surface area contributed by atoms with Gasteiger partial charge in [0.1, 0.15) is 0 Å². The zero-order valence-corrected chi connectivity index (χ0v) is 30.9. The Hall–Kier alpha value is -7.69. The van der Waals surface area contributed by atoms with Crippen LogP contribution >= 0.6 is 0 Å². The van der Waals surface area contributed by atoms with Gasteiger partial charge in [-0.25, -0.2) is 15.0 Å². The van der Waals surface area contributed by atoms with E-state index in [4.69, 9.17) is 15.0 Å². The molecule has 0 atom stereocenters. The zero-order chi connectivity index (χ0) is 37.7. The van der Waals surface area contributed by atoms with E-state index >= 15 is 0 Å². The second-order valence-electron chi connectivity index (χ2n) is 14.5. The van der Waals surface area contributed by atoms with Crippen molar-refractivity contribution in [2.45, 2.75) is 0 Å². The minimum atomic E-state index is 0.635. The average Bonchev–Trinajstić information content (AvgIpc) is 3.61.